The molecule has 0 saturated carbocycles. The minimum Gasteiger partial charge on any atom is -0.394 e. The lowest BCUT2D eigenvalue weighted by Crippen LogP contribution is -2.45. The van der Waals surface area contributed by atoms with Crippen molar-refractivity contribution >= 4 is 22.9 Å². The van der Waals surface area contributed by atoms with Crippen molar-refractivity contribution < 1.29 is 9.50 Å². The second-order valence-electron chi connectivity index (χ2n) is 4.56. The Kier molecular flexibility index (Phi) is 4.06. The van der Waals surface area contributed by atoms with E-state index in [0.29, 0.717) is 11.3 Å². The van der Waals surface area contributed by atoms with Crippen LogP contribution in [0.1, 0.15) is 19.4 Å². The summed E-state index contributed by atoms with van der Waals surface area (Å²) in [6.45, 7) is 3.72. The smallest absolute Gasteiger partial charge is 0.124 e. The molecule has 1 aromatic carbocycles. The summed E-state index contributed by atoms with van der Waals surface area (Å²) in [5.74, 6) is -0.383. The van der Waals surface area contributed by atoms with Gasteiger partial charge in [0.2, 0.25) is 0 Å². The van der Waals surface area contributed by atoms with Gasteiger partial charge in [-0.1, -0.05) is 12.2 Å². The van der Waals surface area contributed by atoms with Crippen LogP contribution >= 0.6 is 12.2 Å². The highest BCUT2D eigenvalue weighted by molar-refractivity contribution is 7.80. The number of aliphatic hydroxyl groups excluding tert-OH is 1. The zero-order chi connectivity index (χ0) is 13.2. The Balaban J connectivity index is 3.26. The molecule has 1 rings (SSSR count). The first-order chi connectivity index (χ1) is 7.79. The Morgan fingerprint density at radius 2 is 2.12 bits per heavy atom. The molecule has 3 N–H and O–H groups in total. The van der Waals surface area contributed by atoms with E-state index in [1.165, 1.54) is 12.1 Å². The molecule has 0 unspecified atom stereocenters. The van der Waals surface area contributed by atoms with Crippen LogP contribution < -0.4 is 10.6 Å². The first kappa shape index (κ1) is 13.9. The number of nitrogens with zero attached hydrogens (tertiary/aromatic N) is 1. The molecule has 0 bridgehead atoms. The molecule has 94 valence electrons. The number of nitrogens with two attached hydrogens (primary N) is 1. The maximum atomic E-state index is 13.2. The van der Waals surface area contributed by atoms with Crippen molar-refractivity contribution in [3.8, 4) is 0 Å². The number of aliphatic hydroxyl groups is 1. The van der Waals surface area contributed by atoms with Crippen LogP contribution in [-0.2, 0) is 0 Å². The largest absolute Gasteiger partial charge is 0.394 e. The van der Waals surface area contributed by atoms with Crippen molar-refractivity contribution in [2.24, 2.45) is 5.73 Å². The standard InChI is InChI=1S/C12H17FN2OS/c1-12(2,7-16)15(3)10-5-4-8(13)6-9(10)11(14)17/h4-6,16H,7H2,1-3H3,(H2,14,17). The Labute approximate surface area is 106 Å². The third-order valence-corrected chi connectivity index (χ3v) is 3.10. The molecule has 0 aliphatic carbocycles. The van der Waals surface area contributed by atoms with Crippen LogP contribution in [0, 0.1) is 5.82 Å². The number of halogens is 1. The molecule has 0 heterocycles. The lowest BCUT2D eigenvalue weighted by molar-refractivity contribution is 0.216. The van der Waals surface area contributed by atoms with E-state index in [0.717, 1.165) is 0 Å². The predicted octanol–water partition coefficient (Wildman–Crippen LogP) is 1.67. The third-order valence-electron chi connectivity index (χ3n) is 2.88. The molecule has 0 aromatic heterocycles. The maximum Gasteiger partial charge on any atom is 0.124 e. The summed E-state index contributed by atoms with van der Waals surface area (Å²) in [6, 6.07) is 4.27. The quantitative estimate of drug-likeness (QED) is 0.805. The fourth-order valence-corrected chi connectivity index (χ4v) is 1.59. The van der Waals surface area contributed by atoms with E-state index in [1.54, 1.807) is 6.07 Å². The average molecular weight is 256 g/mol. The molecular weight excluding hydrogens is 239 g/mol. The van der Waals surface area contributed by atoms with Crippen molar-refractivity contribution in [2.75, 3.05) is 18.6 Å². The van der Waals surface area contributed by atoms with E-state index in [1.807, 2.05) is 25.8 Å². The van der Waals surface area contributed by atoms with Gasteiger partial charge in [-0.25, -0.2) is 4.39 Å². The number of hydrogen-bond acceptors (Lipinski definition) is 3. The third kappa shape index (κ3) is 2.92. The van der Waals surface area contributed by atoms with E-state index < -0.39 is 5.54 Å². The van der Waals surface area contributed by atoms with Crippen molar-refractivity contribution in [1.82, 2.24) is 0 Å². The van der Waals surface area contributed by atoms with Gasteiger partial charge in [-0.05, 0) is 32.0 Å². The molecule has 0 aliphatic rings. The molecule has 0 aliphatic heterocycles. The highest BCUT2D eigenvalue weighted by Gasteiger charge is 2.25. The van der Waals surface area contributed by atoms with Crippen LogP contribution in [0.2, 0.25) is 0 Å². The van der Waals surface area contributed by atoms with Gasteiger partial charge in [0.25, 0.3) is 0 Å². The molecule has 3 nitrogen and oxygen atoms in total. The maximum absolute atomic E-state index is 13.2. The Morgan fingerprint density at radius 3 is 2.59 bits per heavy atom. The lowest BCUT2D eigenvalue weighted by Gasteiger charge is -2.37. The van der Waals surface area contributed by atoms with Crippen LogP contribution in [0.25, 0.3) is 0 Å². The van der Waals surface area contributed by atoms with Gasteiger partial charge in [0, 0.05) is 18.3 Å². The molecule has 1 aromatic rings. The molecule has 0 spiro atoms. The zero-order valence-corrected chi connectivity index (χ0v) is 11.0. The van der Waals surface area contributed by atoms with E-state index >= 15 is 0 Å². The summed E-state index contributed by atoms with van der Waals surface area (Å²) < 4.78 is 13.2. The van der Waals surface area contributed by atoms with Gasteiger partial charge in [0.1, 0.15) is 10.8 Å². The molecule has 0 atom stereocenters. The minimum absolute atomic E-state index is 0.0301. The highest BCUT2D eigenvalue weighted by atomic mass is 32.1. The summed E-state index contributed by atoms with van der Waals surface area (Å²) in [7, 11) is 1.81. The Morgan fingerprint density at radius 1 is 1.53 bits per heavy atom. The fourth-order valence-electron chi connectivity index (χ4n) is 1.43. The second-order valence-corrected chi connectivity index (χ2v) is 5.00. The Hall–Kier alpha value is -1.20. The van der Waals surface area contributed by atoms with Crippen molar-refractivity contribution in [2.45, 2.75) is 19.4 Å². The number of hydrogen-bond donors (Lipinski definition) is 2. The van der Waals surface area contributed by atoms with Gasteiger partial charge in [-0.15, -0.1) is 0 Å². The van der Waals surface area contributed by atoms with Gasteiger partial charge < -0.3 is 15.7 Å². The van der Waals surface area contributed by atoms with Crippen molar-refractivity contribution in [3.63, 3.8) is 0 Å². The first-order valence-electron chi connectivity index (χ1n) is 5.23. The number of benzene rings is 1. The van der Waals surface area contributed by atoms with Gasteiger partial charge in [0.15, 0.2) is 0 Å². The fraction of sp³-hybridized carbons (Fsp3) is 0.417. The van der Waals surface area contributed by atoms with Crippen molar-refractivity contribution in [1.29, 1.82) is 0 Å². The summed E-state index contributed by atoms with van der Waals surface area (Å²) in [6.07, 6.45) is 0. The summed E-state index contributed by atoms with van der Waals surface area (Å²) in [5.41, 5.74) is 6.29. The highest BCUT2D eigenvalue weighted by Crippen LogP contribution is 2.26. The van der Waals surface area contributed by atoms with Gasteiger partial charge in [-0.3, -0.25) is 0 Å². The zero-order valence-electron chi connectivity index (χ0n) is 10.2. The second kappa shape index (κ2) is 4.98. The number of anilines is 1. The van der Waals surface area contributed by atoms with Crippen LogP contribution in [0.15, 0.2) is 18.2 Å². The molecule has 0 saturated heterocycles. The topological polar surface area (TPSA) is 49.5 Å². The van der Waals surface area contributed by atoms with Crippen molar-refractivity contribution in [3.05, 3.63) is 29.6 Å². The monoisotopic (exact) mass is 256 g/mol. The summed E-state index contributed by atoms with van der Waals surface area (Å²) in [4.78, 5) is 1.97. The van der Waals surface area contributed by atoms with Crippen LogP contribution in [0.5, 0.6) is 0 Å². The van der Waals surface area contributed by atoms with E-state index in [2.05, 4.69) is 0 Å². The normalized spacial score (nSPS) is 11.4. The average Bonchev–Trinajstić information content (AvgIpc) is 2.28. The molecule has 0 fully saturated rings. The van der Waals surface area contributed by atoms with Crippen LogP contribution in [0.3, 0.4) is 0 Å². The van der Waals surface area contributed by atoms with E-state index in [-0.39, 0.29) is 17.4 Å². The van der Waals surface area contributed by atoms with E-state index in [9.17, 15) is 9.50 Å². The van der Waals surface area contributed by atoms with Gasteiger partial charge in [0.05, 0.1) is 12.1 Å². The van der Waals surface area contributed by atoms with Gasteiger partial charge in [-0.2, -0.15) is 0 Å². The van der Waals surface area contributed by atoms with Gasteiger partial charge >= 0.3 is 0 Å². The molecular formula is C12H17FN2OS. The first-order valence-corrected chi connectivity index (χ1v) is 5.64. The summed E-state index contributed by atoms with van der Waals surface area (Å²) >= 11 is 4.91. The molecule has 0 radical (unpaired) electrons. The number of likely N-dealkylation sites (N-methyl/N-ethyl adjacent to an activating group) is 1. The molecule has 0 amide bonds. The van der Waals surface area contributed by atoms with E-state index in [4.69, 9.17) is 18.0 Å². The summed E-state index contributed by atoms with van der Waals surface area (Å²) in [5, 5.41) is 9.33. The number of rotatable bonds is 4. The SMILES string of the molecule is CN(c1ccc(F)cc1C(N)=S)C(C)(C)CO. The predicted molar refractivity (Wildman–Crippen MR) is 71.9 cm³/mol. The molecule has 17 heavy (non-hydrogen) atoms. The Bertz CT molecular complexity index is 435. The molecule has 5 heteroatoms. The van der Waals surface area contributed by atoms with Crippen LogP contribution in [0.4, 0.5) is 10.1 Å². The van der Waals surface area contributed by atoms with Crippen LogP contribution in [-0.4, -0.2) is 29.3 Å². The lowest BCUT2D eigenvalue weighted by atomic mass is 10.0. The minimum atomic E-state index is -0.475. The number of thiocarbonyl (C=S) groups is 1.